The first-order valence-electron chi connectivity index (χ1n) is 7.57. The van der Waals surface area contributed by atoms with E-state index in [-0.39, 0.29) is 5.54 Å². The minimum atomic E-state index is -0.00560. The average Bonchev–Trinajstić information content (AvgIpc) is 2.55. The molecule has 3 heteroatoms. The van der Waals surface area contributed by atoms with Crippen LogP contribution in [-0.4, -0.2) is 48.3 Å². The molecule has 1 saturated heterocycles. The fourth-order valence-corrected chi connectivity index (χ4v) is 3.41. The summed E-state index contributed by atoms with van der Waals surface area (Å²) in [5.74, 6) is 1.26. The van der Waals surface area contributed by atoms with Gasteiger partial charge in [-0.1, -0.05) is 27.7 Å². The molecule has 2 N–H and O–H groups in total. The maximum atomic E-state index is 10.1. The highest BCUT2D eigenvalue weighted by Crippen LogP contribution is 2.31. The van der Waals surface area contributed by atoms with Gasteiger partial charge in [-0.25, -0.2) is 0 Å². The molecule has 3 nitrogen and oxygen atoms in total. The molecule has 0 saturated carbocycles. The van der Waals surface area contributed by atoms with Crippen LogP contribution in [0.3, 0.4) is 0 Å². The molecule has 0 aliphatic carbocycles. The summed E-state index contributed by atoms with van der Waals surface area (Å²) in [4.78, 5) is 2.55. The van der Waals surface area contributed by atoms with E-state index in [0.717, 1.165) is 39.0 Å². The van der Waals surface area contributed by atoms with Gasteiger partial charge >= 0.3 is 0 Å². The van der Waals surface area contributed by atoms with Gasteiger partial charge in [-0.2, -0.15) is 0 Å². The quantitative estimate of drug-likeness (QED) is 0.764. The van der Waals surface area contributed by atoms with E-state index in [1.54, 1.807) is 0 Å². The summed E-state index contributed by atoms with van der Waals surface area (Å²) < 4.78 is 0. The van der Waals surface area contributed by atoms with Crippen molar-refractivity contribution in [3.05, 3.63) is 0 Å². The Kier molecular flexibility index (Phi) is 6.61. The molecule has 0 spiro atoms. The smallest absolute Gasteiger partial charge is 0.0615 e. The minimum absolute atomic E-state index is 0.00560. The highest BCUT2D eigenvalue weighted by molar-refractivity contribution is 4.93. The van der Waals surface area contributed by atoms with Gasteiger partial charge in [0, 0.05) is 25.2 Å². The van der Waals surface area contributed by atoms with Gasteiger partial charge in [0.05, 0.1) is 6.61 Å². The number of nitrogens with one attached hydrogen (secondary N) is 1. The zero-order valence-corrected chi connectivity index (χ0v) is 12.7. The second-order valence-corrected chi connectivity index (χ2v) is 6.67. The normalized spacial score (nSPS) is 19.5. The number of hydrogen-bond donors (Lipinski definition) is 2. The summed E-state index contributed by atoms with van der Waals surface area (Å²) in [5, 5.41) is 13.5. The standard InChI is InChI=1S/C15H32N2O/c1-13(2)10-15(12-18,11-14(3)4)17-8-5-6-16-7-9-17/h13-14,16,18H,5-12H2,1-4H3. The molecule has 1 aliphatic rings. The van der Waals surface area contributed by atoms with Crippen LogP contribution in [0, 0.1) is 11.8 Å². The highest BCUT2D eigenvalue weighted by atomic mass is 16.3. The Morgan fingerprint density at radius 3 is 2.17 bits per heavy atom. The molecule has 0 amide bonds. The Hall–Kier alpha value is -0.120. The average molecular weight is 256 g/mol. The third-order valence-corrected chi connectivity index (χ3v) is 3.88. The molecule has 1 rings (SSSR count). The monoisotopic (exact) mass is 256 g/mol. The summed E-state index contributed by atoms with van der Waals surface area (Å²) in [6.07, 6.45) is 3.39. The van der Waals surface area contributed by atoms with Crippen molar-refractivity contribution < 1.29 is 5.11 Å². The zero-order chi connectivity index (χ0) is 13.6. The van der Waals surface area contributed by atoms with Crippen molar-refractivity contribution in [2.75, 3.05) is 32.8 Å². The van der Waals surface area contributed by atoms with E-state index in [1.807, 2.05) is 0 Å². The van der Waals surface area contributed by atoms with Crippen molar-refractivity contribution in [3.8, 4) is 0 Å². The van der Waals surface area contributed by atoms with Crippen LogP contribution in [0.1, 0.15) is 47.0 Å². The summed E-state index contributed by atoms with van der Waals surface area (Å²) in [6, 6.07) is 0. The number of hydrogen-bond acceptors (Lipinski definition) is 3. The largest absolute Gasteiger partial charge is 0.394 e. The lowest BCUT2D eigenvalue weighted by molar-refractivity contribution is 0.00158. The predicted molar refractivity (Wildman–Crippen MR) is 77.8 cm³/mol. The van der Waals surface area contributed by atoms with Gasteiger partial charge in [0.15, 0.2) is 0 Å². The first-order chi connectivity index (χ1) is 8.50. The summed E-state index contributed by atoms with van der Waals surface area (Å²) in [7, 11) is 0. The first kappa shape index (κ1) is 15.9. The van der Waals surface area contributed by atoms with Crippen LogP contribution in [0.4, 0.5) is 0 Å². The second-order valence-electron chi connectivity index (χ2n) is 6.67. The van der Waals surface area contributed by atoms with Crippen LogP contribution < -0.4 is 5.32 Å². The summed E-state index contributed by atoms with van der Waals surface area (Å²) >= 11 is 0. The molecule has 108 valence electrons. The molecule has 1 fully saturated rings. The Labute approximate surface area is 113 Å². The van der Waals surface area contributed by atoms with Gasteiger partial charge in [0.2, 0.25) is 0 Å². The predicted octanol–water partition coefficient (Wildman–Crippen LogP) is 2.10. The maximum Gasteiger partial charge on any atom is 0.0615 e. The molecule has 18 heavy (non-hydrogen) atoms. The topological polar surface area (TPSA) is 35.5 Å². The highest BCUT2D eigenvalue weighted by Gasteiger charge is 2.37. The molecule has 1 aliphatic heterocycles. The van der Waals surface area contributed by atoms with E-state index < -0.39 is 0 Å². The molecule has 0 aromatic rings. The SMILES string of the molecule is CC(C)CC(CO)(CC(C)C)N1CCCNCC1. The minimum Gasteiger partial charge on any atom is -0.394 e. The fraction of sp³-hybridized carbons (Fsp3) is 1.00. The molecule has 0 aromatic carbocycles. The van der Waals surface area contributed by atoms with Gasteiger partial charge in [-0.05, 0) is 37.6 Å². The van der Waals surface area contributed by atoms with Crippen molar-refractivity contribution in [2.45, 2.75) is 52.5 Å². The van der Waals surface area contributed by atoms with Gasteiger partial charge in [0.25, 0.3) is 0 Å². The molecular weight excluding hydrogens is 224 g/mol. The van der Waals surface area contributed by atoms with Crippen LogP contribution >= 0.6 is 0 Å². The van der Waals surface area contributed by atoms with E-state index in [4.69, 9.17) is 0 Å². The second kappa shape index (κ2) is 7.46. The Morgan fingerprint density at radius 1 is 1.06 bits per heavy atom. The van der Waals surface area contributed by atoms with Gasteiger partial charge in [-0.15, -0.1) is 0 Å². The molecule has 0 aromatic heterocycles. The molecule has 0 atom stereocenters. The molecular formula is C15H32N2O. The molecule has 1 heterocycles. The number of aliphatic hydroxyl groups is 1. The van der Waals surface area contributed by atoms with E-state index in [0.29, 0.717) is 18.4 Å². The maximum absolute atomic E-state index is 10.1. The van der Waals surface area contributed by atoms with E-state index in [9.17, 15) is 5.11 Å². The summed E-state index contributed by atoms with van der Waals surface area (Å²) in [6.45, 7) is 13.7. The van der Waals surface area contributed by atoms with E-state index in [1.165, 1.54) is 6.42 Å². The van der Waals surface area contributed by atoms with Gasteiger partial charge in [0.1, 0.15) is 0 Å². The lowest BCUT2D eigenvalue weighted by Gasteiger charge is -2.45. The number of rotatable bonds is 6. The third kappa shape index (κ3) is 4.52. The van der Waals surface area contributed by atoms with Gasteiger partial charge in [-0.3, -0.25) is 4.90 Å². The van der Waals surface area contributed by atoms with Crippen LogP contribution in [0.15, 0.2) is 0 Å². The van der Waals surface area contributed by atoms with Crippen LogP contribution in [0.5, 0.6) is 0 Å². The van der Waals surface area contributed by atoms with Crippen molar-refractivity contribution in [1.82, 2.24) is 10.2 Å². The van der Waals surface area contributed by atoms with Crippen molar-refractivity contribution in [3.63, 3.8) is 0 Å². The molecule has 0 bridgehead atoms. The molecule has 0 unspecified atom stereocenters. The summed E-state index contributed by atoms with van der Waals surface area (Å²) in [5.41, 5.74) is -0.00560. The lowest BCUT2D eigenvalue weighted by Crippen LogP contribution is -2.54. The van der Waals surface area contributed by atoms with Crippen LogP contribution in [0.2, 0.25) is 0 Å². The van der Waals surface area contributed by atoms with Crippen LogP contribution in [-0.2, 0) is 0 Å². The number of aliphatic hydroxyl groups excluding tert-OH is 1. The van der Waals surface area contributed by atoms with Gasteiger partial charge < -0.3 is 10.4 Å². The Bertz CT molecular complexity index is 211. The fourth-order valence-electron chi connectivity index (χ4n) is 3.41. The van der Waals surface area contributed by atoms with E-state index in [2.05, 4.69) is 37.9 Å². The number of nitrogens with zero attached hydrogens (tertiary/aromatic N) is 1. The zero-order valence-electron chi connectivity index (χ0n) is 12.7. The van der Waals surface area contributed by atoms with Crippen LogP contribution in [0.25, 0.3) is 0 Å². The van der Waals surface area contributed by atoms with Crippen molar-refractivity contribution in [2.24, 2.45) is 11.8 Å². The first-order valence-corrected chi connectivity index (χ1v) is 7.57. The lowest BCUT2D eigenvalue weighted by atomic mass is 9.80. The third-order valence-electron chi connectivity index (χ3n) is 3.88. The van der Waals surface area contributed by atoms with Crippen molar-refractivity contribution >= 4 is 0 Å². The van der Waals surface area contributed by atoms with Crippen molar-refractivity contribution in [1.29, 1.82) is 0 Å². The molecule has 0 radical (unpaired) electrons. The Balaban J connectivity index is 2.83. The Morgan fingerprint density at radius 2 is 1.67 bits per heavy atom. The van der Waals surface area contributed by atoms with E-state index >= 15 is 0 Å².